The molecular formula is C16H21ClN2. The number of aromatic nitrogens is 1. The third-order valence-corrected chi connectivity index (χ3v) is 3.56. The number of nitrogens with zero attached hydrogens (tertiary/aromatic N) is 1. The highest BCUT2D eigenvalue weighted by atomic mass is 35.5. The van der Waals surface area contributed by atoms with Crippen LogP contribution in [0.2, 0.25) is 5.02 Å². The molecule has 19 heavy (non-hydrogen) atoms. The summed E-state index contributed by atoms with van der Waals surface area (Å²) in [7, 11) is 0. The van der Waals surface area contributed by atoms with Crippen LogP contribution in [0, 0.1) is 0 Å². The van der Waals surface area contributed by atoms with Gasteiger partial charge in [-0.05, 0) is 42.3 Å². The number of nitrogens with one attached hydrogen (secondary N) is 1. The molecule has 2 aromatic rings. The molecule has 0 aliphatic rings. The molecular weight excluding hydrogens is 256 g/mol. The van der Waals surface area contributed by atoms with Gasteiger partial charge >= 0.3 is 0 Å². The van der Waals surface area contributed by atoms with Gasteiger partial charge in [0, 0.05) is 30.0 Å². The zero-order chi connectivity index (χ0) is 13.7. The molecule has 0 saturated heterocycles. The highest BCUT2D eigenvalue weighted by Gasteiger charge is 2.08. The molecule has 1 aromatic heterocycles. The summed E-state index contributed by atoms with van der Waals surface area (Å²) in [6.07, 6.45) is 5.48. The zero-order valence-electron chi connectivity index (χ0n) is 11.6. The first-order valence-corrected chi connectivity index (χ1v) is 7.24. The molecule has 0 radical (unpaired) electrons. The van der Waals surface area contributed by atoms with E-state index in [1.807, 2.05) is 12.1 Å². The Kier molecular flexibility index (Phi) is 5.06. The van der Waals surface area contributed by atoms with E-state index in [4.69, 9.17) is 11.6 Å². The minimum Gasteiger partial charge on any atom is -0.350 e. The number of hydrogen-bond acceptors (Lipinski definition) is 1. The van der Waals surface area contributed by atoms with Gasteiger partial charge in [-0.15, -0.1) is 0 Å². The average Bonchev–Trinajstić information content (AvgIpc) is 2.87. The highest BCUT2D eigenvalue weighted by Crippen LogP contribution is 2.18. The van der Waals surface area contributed by atoms with Crippen LogP contribution in [-0.4, -0.2) is 11.1 Å². The van der Waals surface area contributed by atoms with Crippen LogP contribution in [0.5, 0.6) is 0 Å². The summed E-state index contributed by atoms with van der Waals surface area (Å²) < 4.78 is 2.22. The van der Waals surface area contributed by atoms with Crippen LogP contribution in [0.25, 0.3) is 0 Å². The maximum Gasteiger partial charge on any atom is 0.0470 e. The molecule has 0 aliphatic heterocycles. The van der Waals surface area contributed by atoms with Gasteiger partial charge in [-0.1, -0.05) is 37.6 Å². The summed E-state index contributed by atoms with van der Waals surface area (Å²) in [5.41, 5.74) is 2.63. The van der Waals surface area contributed by atoms with Gasteiger partial charge in [-0.3, -0.25) is 0 Å². The van der Waals surface area contributed by atoms with Gasteiger partial charge in [0.1, 0.15) is 0 Å². The van der Waals surface area contributed by atoms with Gasteiger partial charge in [0.15, 0.2) is 0 Å². The van der Waals surface area contributed by atoms with Crippen LogP contribution in [0.3, 0.4) is 0 Å². The molecule has 0 amide bonds. The van der Waals surface area contributed by atoms with Crippen LogP contribution < -0.4 is 5.32 Å². The van der Waals surface area contributed by atoms with Gasteiger partial charge in [0.25, 0.3) is 0 Å². The van der Waals surface area contributed by atoms with Crippen molar-refractivity contribution in [3.05, 3.63) is 58.9 Å². The summed E-state index contributed by atoms with van der Waals surface area (Å²) in [5, 5.41) is 4.29. The lowest BCUT2D eigenvalue weighted by Gasteiger charge is -2.14. The van der Waals surface area contributed by atoms with E-state index >= 15 is 0 Å². The summed E-state index contributed by atoms with van der Waals surface area (Å²) >= 11 is 5.90. The van der Waals surface area contributed by atoms with Crippen molar-refractivity contribution in [2.24, 2.45) is 0 Å². The molecule has 1 aromatic carbocycles. The molecule has 0 fully saturated rings. The third-order valence-electron chi connectivity index (χ3n) is 3.31. The second kappa shape index (κ2) is 6.78. The highest BCUT2D eigenvalue weighted by molar-refractivity contribution is 6.30. The Labute approximate surface area is 120 Å². The molecule has 3 heteroatoms. The van der Waals surface area contributed by atoms with E-state index in [1.165, 1.54) is 11.1 Å². The Bertz CT molecular complexity index is 502. The predicted octanol–water partition coefficient (Wildman–Crippen LogP) is 4.25. The molecule has 0 saturated carbocycles. The second-order valence-electron chi connectivity index (χ2n) is 4.76. The van der Waals surface area contributed by atoms with E-state index in [1.54, 1.807) is 0 Å². The van der Waals surface area contributed by atoms with E-state index < -0.39 is 0 Å². The van der Waals surface area contributed by atoms with Crippen LogP contribution in [0.15, 0.2) is 42.7 Å². The smallest absolute Gasteiger partial charge is 0.0470 e. The number of halogens is 1. The van der Waals surface area contributed by atoms with Crippen LogP contribution in [0.4, 0.5) is 0 Å². The fourth-order valence-corrected chi connectivity index (χ4v) is 2.43. The largest absolute Gasteiger partial charge is 0.350 e. The lowest BCUT2D eigenvalue weighted by molar-refractivity contribution is 0.536. The minimum absolute atomic E-state index is 0.455. The van der Waals surface area contributed by atoms with E-state index in [9.17, 15) is 0 Å². The molecule has 1 unspecified atom stereocenters. The number of rotatable bonds is 6. The van der Waals surface area contributed by atoms with Crippen molar-refractivity contribution < 1.29 is 0 Å². The van der Waals surface area contributed by atoms with E-state index in [-0.39, 0.29) is 0 Å². The fourth-order valence-electron chi connectivity index (χ4n) is 2.31. The van der Waals surface area contributed by atoms with Crippen LogP contribution >= 0.6 is 11.6 Å². The summed E-state index contributed by atoms with van der Waals surface area (Å²) in [6, 6.07) is 10.7. The van der Waals surface area contributed by atoms with E-state index in [2.05, 4.69) is 54.3 Å². The number of hydrogen-bond donors (Lipinski definition) is 1. The van der Waals surface area contributed by atoms with Crippen molar-refractivity contribution in [1.29, 1.82) is 0 Å². The fraction of sp³-hybridized carbons (Fsp3) is 0.375. The van der Waals surface area contributed by atoms with Crippen molar-refractivity contribution in [3.63, 3.8) is 0 Å². The first-order chi connectivity index (χ1) is 9.22. The maximum atomic E-state index is 5.90. The van der Waals surface area contributed by atoms with Crippen LogP contribution in [0.1, 0.15) is 37.4 Å². The van der Waals surface area contributed by atoms with Crippen molar-refractivity contribution in [1.82, 2.24) is 9.88 Å². The molecule has 1 heterocycles. The monoisotopic (exact) mass is 276 g/mol. The van der Waals surface area contributed by atoms with Crippen molar-refractivity contribution in [3.8, 4) is 0 Å². The zero-order valence-corrected chi connectivity index (χ0v) is 12.3. The third kappa shape index (κ3) is 3.85. The predicted molar refractivity (Wildman–Crippen MR) is 81.7 cm³/mol. The Morgan fingerprint density at radius 1 is 1.16 bits per heavy atom. The normalized spacial score (nSPS) is 12.6. The van der Waals surface area contributed by atoms with Crippen molar-refractivity contribution in [2.45, 2.75) is 32.9 Å². The van der Waals surface area contributed by atoms with Gasteiger partial charge in [0.05, 0.1) is 0 Å². The van der Waals surface area contributed by atoms with Crippen molar-refractivity contribution in [2.75, 3.05) is 6.54 Å². The molecule has 102 valence electrons. The lowest BCUT2D eigenvalue weighted by Crippen LogP contribution is -2.19. The quantitative estimate of drug-likeness (QED) is 0.835. The molecule has 0 aliphatic carbocycles. The van der Waals surface area contributed by atoms with Gasteiger partial charge < -0.3 is 9.88 Å². The second-order valence-corrected chi connectivity index (χ2v) is 5.20. The summed E-state index contributed by atoms with van der Waals surface area (Å²) in [6.45, 7) is 6.25. The molecule has 2 nitrogen and oxygen atoms in total. The Morgan fingerprint density at radius 2 is 1.89 bits per heavy atom. The van der Waals surface area contributed by atoms with Gasteiger partial charge in [-0.2, -0.15) is 0 Å². The molecule has 0 spiro atoms. The van der Waals surface area contributed by atoms with E-state index in [0.29, 0.717) is 6.04 Å². The molecule has 1 N–H and O–H groups in total. The first-order valence-electron chi connectivity index (χ1n) is 6.86. The molecule has 2 rings (SSSR count). The Morgan fingerprint density at radius 3 is 2.53 bits per heavy atom. The molecule has 1 atom stereocenters. The summed E-state index contributed by atoms with van der Waals surface area (Å²) in [4.78, 5) is 0. The number of benzene rings is 1. The van der Waals surface area contributed by atoms with Crippen LogP contribution in [-0.2, 0) is 6.54 Å². The minimum atomic E-state index is 0.455. The first kappa shape index (κ1) is 14.2. The van der Waals surface area contributed by atoms with Gasteiger partial charge in [-0.25, -0.2) is 0 Å². The lowest BCUT2D eigenvalue weighted by atomic mass is 10.1. The Balaban J connectivity index is 2.06. The summed E-state index contributed by atoms with van der Waals surface area (Å²) in [5.74, 6) is 0. The standard InChI is InChI=1S/C16H21ClN2/c1-3-16(18-4-2)14-9-10-19(12-14)11-13-5-7-15(17)8-6-13/h5-10,12,16,18H,3-4,11H2,1-2H3. The van der Waals surface area contributed by atoms with Crippen molar-refractivity contribution >= 4 is 11.6 Å². The molecule has 0 bridgehead atoms. The Hall–Kier alpha value is -1.25. The SMILES string of the molecule is CCNC(CC)c1ccn(Cc2ccc(Cl)cc2)c1. The topological polar surface area (TPSA) is 17.0 Å². The van der Waals surface area contributed by atoms with E-state index in [0.717, 1.165) is 24.5 Å². The van der Waals surface area contributed by atoms with Gasteiger partial charge in [0.2, 0.25) is 0 Å². The average molecular weight is 277 g/mol. The maximum absolute atomic E-state index is 5.90.